The Morgan fingerprint density at radius 2 is 1.72 bits per heavy atom. The topological polar surface area (TPSA) is 80.1 Å². The van der Waals surface area contributed by atoms with Gasteiger partial charge in [0.05, 0.1) is 30.3 Å². The van der Waals surface area contributed by atoms with E-state index in [1.807, 2.05) is 13.8 Å². The molecule has 0 radical (unpaired) electrons. The second-order valence-corrected chi connectivity index (χ2v) is 9.22. The van der Waals surface area contributed by atoms with Gasteiger partial charge in [0.15, 0.2) is 5.43 Å². The zero-order valence-corrected chi connectivity index (χ0v) is 21.0. The molecule has 0 bridgehead atoms. The Bertz CT molecular complexity index is 1220. The Morgan fingerprint density at radius 1 is 1.00 bits per heavy atom. The zero-order chi connectivity index (χ0) is 26.1. The van der Waals surface area contributed by atoms with Gasteiger partial charge in [0, 0.05) is 33.2 Å². The number of carbonyl (C=O) groups is 2. The number of amides is 2. The molecule has 0 spiro atoms. The van der Waals surface area contributed by atoms with Crippen LogP contribution in [0.5, 0.6) is 0 Å². The molecule has 0 aliphatic rings. The molecule has 2 aromatic carbocycles. The van der Waals surface area contributed by atoms with Gasteiger partial charge in [0.25, 0.3) is 0 Å². The van der Waals surface area contributed by atoms with E-state index in [4.69, 9.17) is 9.15 Å². The number of benzene rings is 2. The van der Waals surface area contributed by atoms with Gasteiger partial charge < -0.3 is 19.0 Å². The molecule has 0 saturated heterocycles. The van der Waals surface area contributed by atoms with Crippen molar-refractivity contribution in [3.8, 4) is 0 Å². The summed E-state index contributed by atoms with van der Waals surface area (Å²) in [6.07, 6.45) is 2.29. The fourth-order valence-corrected chi connectivity index (χ4v) is 3.91. The number of fused-ring (bicyclic) bond motifs is 1. The van der Waals surface area contributed by atoms with Crippen molar-refractivity contribution in [2.24, 2.45) is 5.92 Å². The van der Waals surface area contributed by atoms with Crippen LogP contribution in [-0.2, 0) is 27.4 Å². The SMILES string of the molecule is COCCCN(CC(=O)N(Cc1ccc(F)cc1)Cc1coc2ccccc2c1=O)C(=O)CC(C)C. The van der Waals surface area contributed by atoms with Gasteiger partial charge in [-0.3, -0.25) is 14.4 Å². The predicted octanol–water partition coefficient (Wildman–Crippen LogP) is 4.37. The molecule has 3 aromatic rings. The summed E-state index contributed by atoms with van der Waals surface area (Å²) in [5.41, 5.74) is 1.27. The standard InChI is InChI=1S/C28H33FN2O5/c1-20(2)15-26(32)30(13-6-14-35-3)18-27(33)31(16-21-9-11-23(29)12-10-21)17-22-19-36-25-8-5-4-7-24(25)28(22)34/h4-5,7-12,19-20H,6,13-18H2,1-3H3. The third kappa shape index (κ3) is 7.49. The van der Waals surface area contributed by atoms with Crippen LogP contribution in [-0.4, -0.2) is 48.4 Å². The average Bonchev–Trinajstić information content (AvgIpc) is 2.85. The van der Waals surface area contributed by atoms with Gasteiger partial charge in [-0.2, -0.15) is 0 Å². The van der Waals surface area contributed by atoms with Crippen LogP contribution in [0.2, 0.25) is 0 Å². The molecule has 192 valence electrons. The second kappa shape index (κ2) is 13.0. The minimum absolute atomic E-state index is 0.00629. The fourth-order valence-electron chi connectivity index (χ4n) is 3.91. The Kier molecular flexibility index (Phi) is 9.76. The van der Waals surface area contributed by atoms with Crippen molar-refractivity contribution in [3.05, 3.63) is 82.0 Å². The number of hydrogen-bond donors (Lipinski definition) is 0. The Hall–Kier alpha value is -3.52. The minimum atomic E-state index is -0.379. The van der Waals surface area contributed by atoms with E-state index in [1.165, 1.54) is 23.3 Å². The van der Waals surface area contributed by atoms with Crippen LogP contribution in [0, 0.1) is 11.7 Å². The van der Waals surface area contributed by atoms with Crippen LogP contribution in [0.4, 0.5) is 4.39 Å². The highest BCUT2D eigenvalue weighted by atomic mass is 19.1. The van der Waals surface area contributed by atoms with Crippen molar-refractivity contribution in [1.29, 1.82) is 0 Å². The van der Waals surface area contributed by atoms with Crippen LogP contribution >= 0.6 is 0 Å². The Labute approximate surface area is 210 Å². The summed E-state index contributed by atoms with van der Waals surface area (Å²) >= 11 is 0. The normalized spacial score (nSPS) is 11.1. The predicted molar refractivity (Wildman–Crippen MR) is 136 cm³/mol. The highest BCUT2D eigenvalue weighted by Crippen LogP contribution is 2.15. The summed E-state index contributed by atoms with van der Waals surface area (Å²) in [4.78, 5) is 42.5. The molecule has 0 atom stereocenters. The van der Waals surface area contributed by atoms with Crippen molar-refractivity contribution < 1.29 is 23.1 Å². The molecule has 1 heterocycles. The lowest BCUT2D eigenvalue weighted by Gasteiger charge is -2.28. The highest BCUT2D eigenvalue weighted by molar-refractivity contribution is 5.85. The van der Waals surface area contributed by atoms with Crippen molar-refractivity contribution in [1.82, 2.24) is 9.80 Å². The van der Waals surface area contributed by atoms with Crippen LogP contribution in [0.1, 0.15) is 37.8 Å². The molecule has 0 N–H and O–H groups in total. The van der Waals surface area contributed by atoms with Crippen molar-refractivity contribution in [2.75, 3.05) is 26.8 Å². The lowest BCUT2D eigenvalue weighted by Crippen LogP contribution is -2.43. The maximum Gasteiger partial charge on any atom is 0.242 e. The van der Waals surface area contributed by atoms with E-state index in [-0.39, 0.29) is 48.6 Å². The lowest BCUT2D eigenvalue weighted by molar-refractivity contribution is -0.141. The van der Waals surface area contributed by atoms with Crippen molar-refractivity contribution in [3.63, 3.8) is 0 Å². The Morgan fingerprint density at radius 3 is 2.42 bits per heavy atom. The molecule has 2 amide bonds. The van der Waals surface area contributed by atoms with Gasteiger partial charge in [0.2, 0.25) is 11.8 Å². The van der Waals surface area contributed by atoms with Gasteiger partial charge in [-0.05, 0) is 42.2 Å². The molecule has 0 fully saturated rings. The third-order valence-corrected chi connectivity index (χ3v) is 5.79. The number of methoxy groups -OCH3 is 1. The molecule has 0 saturated carbocycles. The third-order valence-electron chi connectivity index (χ3n) is 5.79. The number of nitrogens with zero attached hydrogens (tertiary/aromatic N) is 2. The molecule has 36 heavy (non-hydrogen) atoms. The molecule has 0 unspecified atom stereocenters. The van der Waals surface area contributed by atoms with E-state index >= 15 is 0 Å². The first kappa shape index (κ1) is 27.1. The molecule has 8 heteroatoms. The molecule has 3 rings (SSSR count). The van der Waals surface area contributed by atoms with Gasteiger partial charge >= 0.3 is 0 Å². The van der Waals surface area contributed by atoms with E-state index in [1.54, 1.807) is 48.4 Å². The minimum Gasteiger partial charge on any atom is -0.464 e. The van der Waals surface area contributed by atoms with Crippen molar-refractivity contribution in [2.45, 2.75) is 39.8 Å². The summed E-state index contributed by atoms with van der Waals surface area (Å²) in [6, 6.07) is 12.8. The van der Waals surface area contributed by atoms with E-state index in [0.29, 0.717) is 48.1 Å². The summed E-state index contributed by atoms with van der Waals surface area (Å²) in [6.45, 7) is 4.77. The fraction of sp³-hybridized carbons (Fsp3) is 0.393. The molecule has 0 aliphatic carbocycles. The second-order valence-electron chi connectivity index (χ2n) is 9.22. The quantitative estimate of drug-likeness (QED) is 0.348. The van der Waals surface area contributed by atoms with Gasteiger partial charge in [-0.15, -0.1) is 0 Å². The van der Waals surface area contributed by atoms with Crippen LogP contribution in [0.3, 0.4) is 0 Å². The summed E-state index contributed by atoms with van der Waals surface area (Å²) < 4.78 is 24.2. The van der Waals surface area contributed by atoms with Gasteiger partial charge in [-0.25, -0.2) is 4.39 Å². The number of hydrogen-bond acceptors (Lipinski definition) is 5. The van der Waals surface area contributed by atoms with Gasteiger partial charge in [0.1, 0.15) is 11.4 Å². The Balaban J connectivity index is 1.87. The lowest BCUT2D eigenvalue weighted by atomic mass is 10.1. The van der Waals surface area contributed by atoms with E-state index < -0.39 is 0 Å². The summed E-state index contributed by atoms with van der Waals surface area (Å²) in [5, 5.41) is 0.428. The summed E-state index contributed by atoms with van der Waals surface area (Å²) in [5.74, 6) is -0.659. The number of para-hydroxylation sites is 1. The molecule has 0 aliphatic heterocycles. The zero-order valence-electron chi connectivity index (χ0n) is 21.0. The van der Waals surface area contributed by atoms with E-state index in [2.05, 4.69) is 0 Å². The van der Waals surface area contributed by atoms with Crippen LogP contribution in [0.25, 0.3) is 11.0 Å². The number of halogens is 1. The van der Waals surface area contributed by atoms with Gasteiger partial charge in [-0.1, -0.05) is 38.1 Å². The number of rotatable bonds is 12. The maximum absolute atomic E-state index is 13.5. The molecular formula is C28H33FN2O5. The van der Waals surface area contributed by atoms with Crippen LogP contribution < -0.4 is 5.43 Å². The largest absolute Gasteiger partial charge is 0.464 e. The first-order valence-corrected chi connectivity index (χ1v) is 12.1. The van der Waals surface area contributed by atoms with E-state index in [9.17, 15) is 18.8 Å². The van der Waals surface area contributed by atoms with Crippen LogP contribution in [0.15, 0.2) is 64.0 Å². The van der Waals surface area contributed by atoms with Crippen molar-refractivity contribution >= 4 is 22.8 Å². The molecule has 7 nitrogen and oxygen atoms in total. The monoisotopic (exact) mass is 496 g/mol. The number of ether oxygens (including phenoxy) is 1. The number of carbonyl (C=O) groups excluding carboxylic acids is 2. The smallest absolute Gasteiger partial charge is 0.242 e. The molecule has 1 aromatic heterocycles. The first-order chi connectivity index (χ1) is 17.3. The first-order valence-electron chi connectivity index (χ1n) is 12.1. The summed E-state index contributed by atoms with van der Waals surface area (Å²) in [7, 11) is 1.59. The molecular weight excluding hydrogens is 463 g/mol. The highest BCUT2D eigenvalue weighted by Gasteiger charge is 2.23. The van der Waals surface area contributed by atoms with E-state index in [0.717, 1.165) is 0 Å². The average molecular weight is 497 g/mol. The maximum atomic E-state index is 13.5.